The zero-order chi connectivity index (χ0) is 10.8. The lowest BCUT2D eigenvalue weighted by molar-refractivity contribution is 0.144. The van der Waals surface area contributed by atoms with E-state index in [1.165, 1.54) is 38.9 Å². The molecule has 1 aliphatic rings. The number of hydrogen-bond donors (Lipinski definition) is 1. The molecule has 1 rings (SSSR count). The first-order chi connectivity index (χ1) is 7.43. The molecule has 0 radical (unpaired) electrons. The van der Waals surface area contributed by atoms with Gasteiger partial charge < -0.3 is 15.0 Å². The highest BCUT2D eigenvalue weighted by molar-refractivity contribution is 4.66. The zero-order valence-corrected chi connectivity index (χ0v) is 10.1. The van der Waals surface area contributed by atoms with E-state index in [0.29, 0.717) is 0 Å². The predicted octanol–water partition coefficient (Wildman–Crippen LogP) is 1.49. The average molecular weight is 214 g/mol. The number of rotatable bonds is 9. The topological polar surface area (TPSA) is 24.5 Å². The van der Waals surface area contributed by atoms with E-state index in [1.807, 2.05) is 6.92 Å². The molecule has 0 bridgehead atoms. The van der Waals surface area contributed by atoms with Gasteiger partial charge in [-0.2, -0.15) is 0 Å². The van der Waals surface area contributed by atoms with Crippen LogP contribution in [0.5, 0.6) is 0 Å². The number of nitrogens with one attached hydrogen (secondary N) is 1. The molecule has 0 aliphatic carbocycles. The van der Waals surface area contributed by atoms with E-state index < -0.39 is 0 Å². The van der Waals surface area contributed by atoms with Gasteiger partial charge in [0.1, 0.15) is 0 Å². The molecule has 3 nitrogen and oxygen atoms in total. The Morgan fingerprint density at radius 2 is 1.87 bits per heavy atom. The molecule has 1 aliphatic heterocycles. The molecule has 0 amide bonds. The molecule has 0 saturated carbocycles. The Balaban J connectivity index is 1.73. The molecule has 0 spiro atoms. The van der Waals surface area contributed by atoms with Crippen LogP contribution in [0.3, 0.4) is 0 Å². The fourth-order valence-corrected chi connectivity index (χ4v) is 2.00. The molecule has 0 unspecified atom stereocenters. The second kappa shape index (κ2) is 9.13. The van der Waals surface area contributed by atoms with Crippen LogP contribution in [0.15, 0.2) is 0 Å². The van der Waals surface area contributed by atoms with Crippen LogP contribution in [0.4, 0.5) is 0 Å². The molecular formula is C12H26N2O. The largest absolute Gasteiger partial charge is 0.382 e. The fourth-order valence-electron chi connectivity index (χ4n) is 2.00. The summed E-state index contributed by atoms with van der Waals surface area (Å²) in [7, 11) is 0. The van der Waals surface area contributed by atoms with E-state index in [0.717, 1.165) is 32.7 Å². The maximum Gasteiger partial charge on any atom is 0.0477 e. The van der Waals surface area contributed by atoms with Crippen LogP contribution in [0.1, 0.15) is 32.6 Å². The van der Waals surface area contributed by atoms with Crippen LogP contribution in [-0.4, -0.2) is 50.8 Å². The molecular weight excluding hydrogens is 188 g/mol. The van der Waals surface area contributed by atoms with Crippen molar-refractivity contribution < 1.29 is 4.74 Å². The molecule has 3 heteroatoms. The van der Waals surface area contributed by atoms with Gasteiger partial charge in [-0.3, -0.25) is 0 Å². The molecule has 1 saturated heterocycles. The van der Waals surface area contributed by atoms with Crippen molar-refractivity contribution in [3.8, 4) is 0 Å². The third-order valence-corrected chi connectivity index (χ3v) is 2.87. The molecule has 1 fully saturated rings. The molecule has 15 heavy (non-hydrogen) atoms. The van der Waals surface area contributed by atoms with Gasteiger partial charge in [-0.25, -0.2) is 0 Å². The van der Waals surface area contributed by atoms with E-state index in [-0.39, 0.29) is 0 Å². The summed E-state index contributed by atoms with van der Waals surface area (Å²) < 4.78 is 5.27. The Morgan fingerprint density at radius 3 is 2.60 bits per heavy atom. The van der Waals surface area contributed by atoms with Crippen LogP contribution < -0.4 is 5.32 Å². The van der Waals surface area contributed by atoms with Gasteiger partial charge in [-0.15, -0.1) is 0 Å². The van der Waals surface area contributed by atoms with Crippen LogP contribution in [0.2, 0.25) is 0 Å². The lowest BCUT2D eigenvalue weighted by Crippen LogP contribution is -2.25. The summed E-state index contributed by atoms with van der Waals surface area (Å²) in [6.45, 7) is 9.96. The van der Waals surface area contributed by atoms with Gasteiger partial charge in [-0.1, -0.05) is 0 Å². The molecule has 0 aromatic rings. The molecule has 90 valence electrons. The highest BCUT2D eigenvalue weighted by Crippen LogP contribution is 2.06. The first-order valence-electron chi connectivity index (χ1n) is 6.44. The minimum absolute atomic E-state index is 0.842. The summed E-state index contributed by atoms with van der Waals surface area (Å²) >= 11 is 0. The number of likely N-dealkylation sites (tertiary alicyclic amines) is 1. The fraction of sp³-hybridized carbons (Fsp3) is 1.00. The van der Waals surface area contributed by atoms with Crippen molar-refractivity contribution in [3.05, 3.63) is 0 Å². The summed E-state index contributed by atoms with van der Waals surface area (Å²) in [6.07, 6.45) is 5.23. The van der Waals surface area contributed by atoms with Crippen molar-refractivity contribution in [2.24, 2.45) is 0 Å². The van der Waals surface area contributed by atoms with Gasteiger partial charge in [0.05, 0.1) is 0 Å². The van der Waals surface area contributed by atoms with E-state index in [9.17, 15) is 0 Å². The van der Waals surface area contributed by atoms with Gasteiger partial charge >= 0.3 is 0 Å². The summed E-state index contributed by atoms with van der Waals surface area (Å²) in [6, 6.07) is 0. The van der Waals surface area contributed by atoms with Crippen molar-refractivity contribution in [3.63, 3.8) is 0 Å². The summed E-state index contributed by atoms with van der Waals surface area (Å²) in [4.78, 5) is 2.57. The highest BCUT2D eigenvalue weighted by Gasteiger charge is 2.09. The molecule has 0 aromatic carbocycles. The second-order valence-electron chi connectivity index (χ2n) is 4.20. The van der Waals surface area contributed by atoms with Gasteiger partial charge in [0, 0.05) is 13.2 Å². The summed E-state index contributed by atoms with van der Waals surface area (Å²) in [5, 5.41) is 3.46. The van der Waals surface area contributed by atoms with Crippen LogP contribution >= 0.6 is 0 Å². The van der Waals surface area contributed by atoms with E-state index >= 15 is 0 Å². The smallest absolute Gasteiger partial charge is 0.0477 e. The maximum atomic E-state index is 5.27. The minimum Gasteiger partial charge on any atom is -0.382 e. The van der Waals surface area contributed by atoms with Crippen molar-refractivity contribution in [1.29, 1.82) is 0 Å². The first kappa shape index (κ1) is 12.9. The van der Waals surface area contributed by atoms with Gasteiger partial charge in [0.2, 0.25) is 0 Å². The maximum absolute atomic E-state index is 5.27. The quantitative estimate of drug-likeness (QED) is 0.589. The van der Waals surface area contributed by atoms with Gasteiger partial charge in [0.25, 0.3) is 0 Å². The lowest BCUT2D eigenvalue weighted by atomic mass is 10.3. The first-order valence-corrected chi connectivity index (χ1v) is 6.44. The number of nitrogens with zero attached hydrogens (tertiary/aromatic N) is 1. The Labute approximate surface area is 94.2 Å². The SMILES string of the molecule is CCOCCCNCCCN1CCCC1. The monoisotopic (exact) mass is 214 g/mol. The summed E-state index contributed by atoms with van der Waals surface area (Å²) in [5.74, 6) is 0. The van der Waals surface area contributed by atoms with E-state index in [2.05, 4.69) is 10.2 Å². The van der Waals surface area contributed by atoms with Gasteiger partial charge in [-0.05, 0) is 65.3 Å². The predicted molar refractivity (Wildman–Crippen MR) is 64.3 cm³/mol. The summed E-state index contributed by atoms with van der Waals surface area (Å²) in [5.41, 5.74) is 0. The molecule has 0 aromatic heterocycles. The Bertz CT molecular complexity index is 136. The molecule has 1 heterocycles. The van der Waals surface area contributed by atoms with E-state index in [1.54, 1.807) is 0 Å². The zero-order valence-electron chi connectivity index (χ0n) is 10.1. The van der Waals surface area contributed by atoms with Crippen molar-refractivity contribution in [2.75, 3.05) is 45.9 Å². The van der Waals surface area contributed by atoms with Crippen LogP contribution in [-0.2, 0) is 4.74 Å². The number of hydrogen-bond acceptors (Lipinski definition) is 3. The molecule has 1 N–H and O–H groups in total. The second-order valence-corrected chi connectivity index (χ2v) is 4.20. The van der Waals surface area contributed by atoms with E-state index in [4.69, 9.17) is 4.74 Å². The number of ether oxygens (including phenoxy) is 1. The normalized spacial score (nSPS) is 17.4. The van der Waals surface area contributed by atoms with Crippen molar-refractivity contribution in [2.45, 2.75) is 32.6 Å². The average Bonchev–Trinajstić information content (AvgIpc) is 2.75. The van der Waals surface area contributed by atoms with Crippen LogP contribution in [0, 0.1) is 0 Å². The lowest BCUT2D eigenvalue weighted by Gasteiger charge is -2.14. The van der Waals surface area contributed by atoms with Crippen molar-refractivity contribution in [1.82, 2.24) is 10.2 Å². The Kier molecular flexibility index (Phi) is 7.88. The standard InChI is InChI=1S/C12H26N2O/c1-2-15-12-6-8-13-7-5-11-14-9-3-4-10-14/h13H,2-12H2,1H3. The third-order valence-electron chi connectivity index (χ3n) is 2.87. The van der Waals surface area contributed by atoms with Crippen LogP contribution in [0.25, 0.3) is 0 Å². The minimum atomic E-state index is 0.842. The Hall–Kier alpha value is -0.120. The molecule has 0 atom stereocenters. The van der Waals surface area contributed by atoms with Gasteiger partial charge in [0.15, 0.2) is 0 Å². The third kappa shape index (κ3) is 6.88. The van der Waals surface area contributed by atoms with Crippen molar-refractivity contribution >= 4 is 0 Å². The Morgan fingerprint density at radius 1 is 1.13 bits per heavy atom. The highest BCUT2D eigenvalue weighted by atomic mass is 16.5.